The molecule has 1 aromatic rings. The molecule has 1 aliphatic carbocycles. The van der Waals surface area contributed by atoms with Gasteiger partial charge in [0.2, 0.25) is 0 Å². The van der Waals surface area contributed by atoms with Gasteiger partial charge in [0.05, 0.1) is 20.8 Å². The van der Waals surface area contributed by atoms with Gasteiger partial charge in [-0.25, -0.2) is 0 Å². The van der Waals surface area contributed by atoms with Crippen molar-refractivity contribution in [3.05, 3.63) is 23.8 Å². The van der Waals surface area contributed by atoms with Crippen molar-refractivity contribution < 1.29 is 19.3 Å². The molecule has 1 fully saturated rings. The first-order valence-corrected chi connectivity index (χ1v) is 7.72. The minimum absolute atomic E-state index is 0.305. The maximum atomic E-state index is 10.3. The largest absolute Gasteiger partial charge is 0.497 e. The van der Waals surface area contributed by atoms with Crippen molar-refractivity contribution in [1.29, 1.82) is 0 Å². The molecule has 118 valence electrons. The van der Waals surface area contributed by atoms with Crippen LogP contribution in [0, 0.1) is 5.92 Å². The summed E-state index contributed by atoms with van der Waals surface area (Å²) in [6.45, 7) is 1.05. The zero-order valence-electron chi connectivity index (χ0n) is 13.0. The zero-order valence-corrected chi connectivity index (χ0v) is 13.0. The normalized spacial score (nSPS) is 17.5. The summed E-state index contributed by atoms with van der Waals surface area (Å²) in [5, 5.41) is 10.3. The van der Waals surface area contributed by atoms with Crippen LogP contribution in [0.2, 0.25) is 0 Å². The number of benzene rings is 1. The number of aliphatic hydroxyl groups is 1. The molecule has 4 nitrogen and oxygen atoms in total. The van der Waals surface area contributed by atoms with E-state index in [2.05, 4.69) is 0 Å². The van der Waals surface area contributed by atoms with E-state index in [-0.39, 0.29) is 0 Å². The van der Waals surface area contributed by atoms with Crippen LogP contribution in [-0.4, -0.2) is 32.5 Å². The van der Waals surface area contributed by atoms with Gasteiger partial charge in [-0.1, -0.05) is 19.3 Å². The molecule has 1 aromatic carbocycles. The third kappa shape index (κ3) is 4.61. The lowest BCUT2D eigenvalue weighted by Gasteiger charge is -2.22. The maximum absolute atomic E-state index is 10.3. The monoisotopic (exact) mass is 294 g/mol. The molecule has 0 heterocycles. The highest BCUT2D eigenvalue weighted by Gasteiger charge is 2.17. The summed E-state index contributed by atoms with van der Waals surface area (Å²) >= 11 is 0. The summed E-state index contributed by atoms with van der Waals surface area (Å²) in [7, 11) is 3.20. The standard InChI is InChI=1S/C17H26O4/c1-19-14-8-9-15(17(10-14)20-2)16(18)12-21-11-13-6-4-3-5-7-13/h8-10,13,16,18H,3-7,11-12H2,1-2H3. The first-order chi connectivity index (χ1) is 10.2. The Morgan fingerprint density at radius 1 is 1.14 bits per heavy atom. The van der Waals surface area contributed by atoms with Crippen molar-refractivity contribution in [3.8, 4) is 11.5 Å². The average Bonchev–Trinajstić information content (AvgIpc) is 2.55. The number of methoxy groups -OCH3 is 2. The maximum Gasteiger partial charge on any atom is 0.128 e. The molecule has 1 unspecified atom stereocenters. The topological polar surface area (TPSA) is 47.9 Å². The Labute approximate surface area is 127 Å². The van der Waals surface area contributed by atoms with Crippen molar-refractivity contribution >= 4 is 0 Å². The SMILES string of the molecule is COc1ccc(C(O)COCC2CCCCC2)c(OC)c1. The molecule has 21 heavy (non-hydrogen) atoms. The molecule has 0 bridgehead atoms. The molecule has 0 aromatic heterocycles. The number of hydrogen-bond donors (Lipinski definition) is 1. The average molecular weight is 294 g/mol. The second-order valence-electron chi connectivity index (χ2n) is 5.67. The van der Waals surface area contributed by atoms with Gasteiger partial charge in [-0.05, 0) is 30.9 Å². The van der Waals surface area contributed by atoms with E-state index in [1.165, 1.54) is 32.1 Å². The Hall–Kier alpha value is -1.26. The van der Waals surface area contributed by atoms with E-state index in [0.29, 0.717) is 24.0 Å². The third-order valence-electron chi connectivity index (χ3n) is 4.15. The van der Waals surface area contributed by atoms with Crippen molar-refractivity contribution in [3.63, 3.8) is 0 Å². The smallest absolute Gasteiger partial charge is 0.128 e. The van der Waals surface area contributed by atoms with Crippen LogP contribution in [-0.2, 0) is 4.74 Å². The summed E-state index contributed by atoms with van der Waals surface area (Å²) in [4.78, 5) is 0. The van der Waals surface area contributed by atoms with E-state index in [1.54, 1.807) is 20.3 Å². The molecule has 1 aliphatic rings. The van der Waals surface area contributed by atoms with E-state index in [9.17, 15) is 5.11 Å². The summed E-state index contributed by atoms with van der Waals surface area (Å²) in [6.07, 6.45) is 5.80. The van der Waals surface area contributed by atoms with Crippen molar-refractivity contribution in [2.75, 3.05) is 27.4 Å². The summed E-state index contributed by atoms with van der Waals surface area (Å²) in [6, 6.07) is 5.42. The van der Waals surface area contributed by atoms with Gasteiger partial charge in [0.1, 0.15) is 17.6 Å². The minimum atomic E-state index is -0.672. The molecule has 4 heteroatoms. The third-order valence-corrected chi connectivity index (χ3v) is 4.15. The highest BCUT2D eigenvalue weighted by Crippen LogP contribution is 2.30. The molecular weight excluding hydrogens is 268 g/mol. The Balaban J connectivity index is 1.85. The number of aliphatic hydroxyl groups excluding tert-OH is 1. The highest BCUT2D eigenvalue weighted by molar-refractivity contribution is 5.41. The fourth-order valence-electron chi connectivity index (χ4n) is 2.88. The lowest BCUT2D eigenvalue weighted by Crippen LogP contribution is -2.16. The van der Waals surface area contributed by atoms with Gasteiger partial charge < -0.3 is 19.3 Å². The van der Waals surface area contributed by atoms with Crippen LogP contribution >= 0.6 is 0 Å². The second-order valence-corrected chi connectivity index (χ2v) is 5.67. The quantitative estimate of drug-likeness (QED) is 0.838. The molecule has 0 spiro atoms. The number of rotatable bonds is 7. The molecular formula is C17H26O4. The molecule has 1 atom stereocenters. The molecule has 1 N–H and O–H groups in total. The van der Waals surface area contributed by atoms with Gasteiger partial charge in [0.25, 0.3) is 0 Å². The van der Waals surface area contributed by atoms with Crippen LogP contribution in [0.5, 0.6) is 11.5 Å². The first-order valence-electron chi connectivity index (χ1n) is 7.72. The fraction of sp³-hybridized carbons (Fsp3) is 0.647. The van der Waals surface area contributed by atoms with Crippen LogP contribution < -0.4 is 9.47 Å². The van der Waals surface area contributed by atoms with Crippen LogP contribution in [0.1, 0.15) is 43.8 Å². The Morgan fingerprint density at radius 2 is 1.90 bits per heavy atom. The molecule has 0 saturated heterocycles. The lowest BCUT2D eigenvalue weighted by molar-refractivity contribution is 0.0137. The lowest BCUT2D eigenvalue weighted by atomic mass is 9.90. The second kappa shape index (κ2) is 8.25. The van der Waals surface area contributed by atoms with E-state index >= 15 is 0 Å². The van der Waals surface area contributed by atoms with E-state index in [1.807, 2.05) is 12.1 Å². The van der Waals surface area contributed by atoms with Gasteiger partial charge in [0, 0.05) is 18.2 Å². The van der Waals surface area contributed by atoms with Gasteiger partial charge >= 0.3 is 0 Å². The Kier molecular flexibility index (Phi) is 6.33. The van der Waals surface area contributed by atoms with Gasteiger partial charge in [0.15, 0.2) is 0 Å². The highest BCUT2D eigenvalue weighted by atomic mass is 16.5. The fourth-order valence-corrected chi connectivity index (χ4v) is 2.88. The minimum Gasteiger partial charge on any atom is -0.497 e. The molecule has 0 aliphatic heterocycles. The summed E-state index contributed by atoms with van der Waals surface area (Å²) < 4.78 is 16.2. The van der Waals surface area contributed by atoms with Crippen molar-refractivity contribution in [2.45, 2.75) is 38.2 Å². The Morgan fingerprint density at radius 3 is 2.57 bits per heavy atom. The van der Waals surface area contributed by atoms with E-state index < -0.39 is 6.10 Å². The van der Waals surface area contributed by atoms with E-state index in [4.69, 9.17) is 14.2 Å². The summed E-state index contributed by atoms with van der Waals surface area (Å²) in [5.74, 6) is 2.00. The predicted molar refractivity (Wildman–Crippen MR) is 81.9 cm³/mol. The van der Waals surface area contributed by atoms with E-state index in [0.717, 1.165) is 12.2 Å². The number of hydrogen-bond acceptors (Lipinski definition) is 4. The molecule has 1 saturated carbocycles. The van der Waals surface area contributed by atoms with Gasteiger partial charge in [-0.3, -0.25) is 0 Å². The first kappa shape index (κ1) is 16.1. The van der Waals surface area contributed by atoms with Crippen LogP contribution in [0.3, 0.4) is 0 Å². The molecule has 2 rings (SSSR count). The number of ether oxygens (including phenoxy) is 3. The van der Waals surface area contributed by atoms with Gasteiger partial charge in [-0.15, -0.1) is 0 Å². The van der Waals surface area contributed by atoms with Crippen molar-refractivity contribution in [2.24, 2.45) is 5.92 Å². The predicted octanol–water partition coefficient (Wildman–Crippen LogP) is 3.33. The van der Waals surface area contributed by atoms with Crippen molar-refractivity contribution in [1.82, 2.24) is 0 Å². The Bertz CT molecular complexity index is 427. The van der Waals surface area contributed by atoms with Crippen LogP contribution in [0.15, 0.2) is 18.2 Å². The van der Waals surface area contributed by atoms with Gasteiger partial charge in [-0.2, -0.15) is 0 Å². The molecule has 0 radical (unpaired) electrons. The molecule has 0 amide bonds. The summed E-state index contributed by atoms with van der Waals surface area (Å²) in [5.41, 5.74) is 0.738. The van der Waals surface area contributed by atoms with Crippen LogP contribution in [0.4, 0.5) is 0 Å². The zero-order chi connectivity index (χ0) is 15.1. The van der Waals surface area contributed by atoms with Crippen LogP contribution in [0.25, 0.3) is 0 Å².